The van der Waals surface area contributed by atoms with Crippen molar-refractivity contribution in [3.8, 4) is 0 Å². The second-order valence-corrected chi connectivity index (χ2v) is 12.2. The van der Waals surface area contributed by atoms with Gasteiger partial charge in [-0.1, -0.05) is 62.2 Å². The molecule has 2 aromatic carbocycles. The number of nitrogens with zero attached hydrogens (tertiary/aromatic N) is 2. The molecule has 0 aliphatic carbocycles. The van der Waals surface area contributed by atoms with Gasteiger partial charge in [0.2, 0.25) is 0 Å². The predicted molar refractivity (Wildman–Crippen MR) is 135 cm³/mol. The van der Waals surface area contributed by atoms with Crippen LogP contribution in [0.3, 0.4) is 0 Å². The zero-order chi connectivity index (χ0) is 24.5. The molecule has 0 saturated heterocycles. The number of carbonyl (C=O) groups is 1. The Morgan fingerprint density at radius 3 is 2.41 bits per heavy atom. The molecule has 1 aromatic heterocycles. The van der Waals surface area contributed by atoms with Crippen molar-refractivity contribution in [2.45, 2.75) is 57.8 Å². The van der Waals surface area contributed by atoms with Gasteiger partial charge in [-0.3, -0.25) is 9.69 Å². The fourth-order valence-corrected chi connectivity index (χ4v) is 5.98. The molecule has 4 rings (SSSR count). The van der Waals surface area contributed by atoms with Crippen LogP contribution in [-0.4, -0.2) is 30.5 Å². The Kier molecular flexibility index (Phi) is 7.21. The van der Waals surface area contributed by atoms with Crippen molar-refractivity contribution in [3.05, 3.63) is 80.8 Å². The fourth-order valence-electron chi connectivity index (χ4n) is 4.31. The SMILES string of the molecule is CC[C@H](C)[C@H]1c2nc(C(=O)NCc3ccc(S(C)(=O)=O)cc3)sc2CN1Cc1ccc(C)cc1. The number of aryl methyl sites for hydroxylation is 1. The number of rotatable bonds is 8. The van der Waals surface area contributed by atoms with Gasteiger partial charge >= 0.3 is 0 Å². The monoisotopic (exact) mass is 497 g/mol. The van der Waals surface area contributed by atoms with E-state index >= 15 is 0 Å². The topological polar surface area (TPSA) is 79.4 Å². The van der Waals surface area contributed by atoms with E-state index in [1.54, 1.807) is 24.3 Å². The highest BCUT2D eigenvalue weighted by atomic mass is 32.2. The number of benzene rings is 2. The van der Waals surface area contributed by atoms with Gasteiger partial charge in [0, 0.05) is 30.8 Å². The summed E-state index contributed by atoms with van der Waals surface area (Å²) >= 11 is 1.48. The number of hydrogen-bond acceptors (Lipinski definition) is 6. The number of nitrogens with one attached hydrogen (secondary N) is 1. The van der Waals surface area contributed by atoms with Crippen LogP contribution in [0.5, 0.6) is 0 Å². The molecule has 0 spiro atoms. The first-order chi connectivity index (χ1) is 16.2. The number of aromatic nitrogens is 1. The second-order valence-electron chi connectivity index (χ2n) is 9.15. The summed E-state index contributed by atoms with van der Waals surface area (Å²) in [5.74, 6) is 0.234. The van der Waals surface area contributed by atoms with Crippen LogP contribution >= 0.6 is 11.3 Å². The molecular formula is C26H31N3O3S2. The van der Waals surface area contributed by atoms with E-state index in [0.717, 1.165) is 30.8 Å². The van der Waals surface area contributed by atoms with Crippen LogP contribution in [-0.2, 0) is 29.5 Å². The maximum absolute atomic E-state index is 12.8. The Balaban J connectivity index is 1.45. The molecule has 0 fully saturated rings. The Bertz CT molecular complexity index is 1270. The molecule has 34 heavy (non-hydrogen) atoms. The quantitative estimate of drug-likeness (QED) is 0.479. The molecule has 0 bridgehead atoms. The third-order valence-corrected chi connectivity index (χ3v) is 8.62. The van der Waals surface area contributed by atoms with Crippen LogP contribution in [0.15, 0.2) is 53.4 Å². The minimum atomic E-state index is -3.23. The summed E-state index contributed by atoms with van der Waals surface area (Å²) in [7, 11) is -3.23. The summed E-state index contributed by atoms with van der Waals surface area (Å²) in [5, 5.41) is 3.41. The summed E-state index contributed by atoms with van der Waals surface area (Å²) < 4.78 is 23.2. The largest absolute Gasteiger partial charge is 0.346 e. The van der Waals surface area contributed by atoms with Gasteiger partial charge in [-0.05, 0) is 36.1 Å². The van der Waals surface area contributed by atoms with Gasteiger partial charge in [-0.2, -0.15) is 0 Å². The average molecular weight is 498 g/mol. The molecule has 1 aliphatic heterocycles. The van der Waals surface area contributed by atoms with Crippen LogP contribution in [0.25, 0.3) is 0 Å². The molecule has 0 radical (unpaired) electrons. The van der Waals surface area contributed by atoms with Crippen molar-refractivity contribution in [3.63, 3.8) is 0 Å². The number of amides is 1. The van der Waals surface area contributed by atoms with Crippen molar-refractivity contribution in [1.29, 1.82) is 0 Å². The first-order valence-electron chi connectivity index (χ1n) is 11.5. The average Bonchev–Trinajstić information content (AvgIpc) is 3.36. The van der Waals surface area contributed by atoms with Gasteiger partial charge in [0.25, 0.3) is 5.91 Å². The van der Waals surface area contributed by atoms with Crippen molar-refractivity contribution in [1.82, 2.24) is 15.2 Å². The van der Waals surface area contributed by atoms with E-state index in [-0.39, 0.29) is 16.8 Å². The number of thiazole rings is 1. The Morgan fingerprint density at radius 1 is 1.15 bits per heavy atom. The lowest BCUT2D eigenvalue weighted by Crippen LogP contribution is -2.28. The van der Waals surface area contributed by atoms with Gasteiger partial charge in [-0.25, -0.2) is 13.4 Å². The summed E-state index contributed by atoms with van der Waals surface area (Å²) in [5.41, 5.74) is 4.42. The smallest absolute Gasteiger partial charge is 0.280 e. The molecule has 1 N–H and O–H groups in total. The summed E-state index contributed by atoms with van der Waals surface area (Å²) in [6.45, 7) is 8.53. The van der Waals surface area contributed by atoms with Crippen LogP contribution < -0.4 is 5.32 Å². The minimum Gasteiger partial charge on any atom is -0.346 e. The summed E-state index contributed by atoms with van der Waals surface area (Å²) in [6.07, 6.45) is 2.22. The molecule has 0 unspecified atom stereocenters. The molecule has 6 nitrogen and oxygen atoms in total. The molecule has 0 saturated carbocycles. The Morgan fingerprint density at radius 2 is 1.79 bits per heavy atom. The normalized spacial score (nSPS) is 16.9. The fraction of sp³-hybridized carbons (Fsp3) is 0.385. The van der Waals surface area contributed by atoms with E-state index in [0.29, 0.717) is 17.5 Å². The lowest BCUT2D eigenvalue weighted by molar-refractivity contribution is 0.0949. The van der Waals surface area contributed by atoms with Gasteiger partial charge in [-0.15, -0.1) is 11.3 Å². The Labute approximate surface area is 206 Å². The van der Waals surface area contributed by atoms with Gasteiger partial charge in [0.05, 0.1) is 16.6 Å². The molecule has 2 heterocycles. The van der Waals surface area contributed by atoms with E-state index in [2.05, 4.69) is 55.3 Å². The standard InChI is InChI=1S/C26H31N3O3S2/c1-5-18(3)24-23-22(16-29(24)15-20-8-6-17(2)7-9-20)33-26(28-23)25(30)27-14-19-10-12-21(13-11-19)34(4,31)32/h6-13,18,24H,5,14-16H2,1-4H3,(H,27,30)/t18-,24-/m0/s1. The highest BCUT2D eigenvalue weighted by Crippen LogP contribution is 2.42. The van der Waals surface area contributed by atoms with Crippen LogP contribution in [0.4, 0.5) is 0 Å². The predicted octanol–water partition coefficient (Wildman–Crippen LogP) is 4.89. The highest BCUT2D eigenvalue weighted by Gasteiger charge is 2.37. The molecule has 1 amide bonds. The number of sulfone groups is 1. The van der Waals surface area contributed by atoms with Crippen molar-refractivity contribution < 1.29 is 13.2 Å². The molecular weight excluding hydrogens is 466 g/mol. The number of hydrogen-bond donors (Lipinski definition) is 1. The van der Waals surface area contributed by atoms with Crippen LogP contribution in [0.2, 0.25) is 0 Å². The van der Waals surface area contributed by atoms with Gasteiger partial charge < -0.3 is 5.32 Å². The first-order valence-corrected chi connectivity index (χ1v) is 14.2. The minimum absolute atomic E-state index is 0.195. The third-order valence-electron chi connectivity index (χ3n) is 6.44. The van der Waals surface area contributed by atoms with E-state index in [1.807, 2.05) is 0 Å². The third kappa shape index (κ3) is 5.40. The summed E-state index contributed by atoms with van der Waals surface area (Å²) in [6, 6.07) is 15.4. The molecule has 180 valence electrons. The van der Waals surface area contributed by atoms with Crippen LogP contribution in [0.1, 0.15) is 63.4 Å². The van der Waals surface area contributed by atoms with Crippen molar-refractivity contribution >= 4 is 27.1 Å². The molecule has 3 aromatic rings. The lowest BCUT2D eigenvalue weighted by atomic mass is 9.96. The van der Waals surface area contributed by atoms with Crippen molar-refractivity contribution in [2.24, 2.45) is 5.92 Å². The van der Waals surface area contributed by atoms with E-state index in [1.165, 1.54) is 33.6 Å². The van der Waals surface area contributed by atoms with E-state index < -0.39 is 9.84 Å². The van der Waals surface area contributed by atoms with Crippen molar-refractivity contribution in [2.75, 3.05) is 6.26 Å². The zero-order valence-electron chi connectivity index (χ0n) is 20.0. The second kappa shape index (κ2) is 9.98. The number of fused-ring (bicyclic) bond motifs is 1. The van der Waals surface area contributed by atoms with E-state index in [9.17, 15) is 13.2 Å². The molecule has 8 heteroatoms. The number of carbonyl (C=O) groups excluding carboxylic acids is 1. The maximum atomic E-state index is 12.8. The Hall–Kier alpha value is -2.55. The lowest BCUT2D eigenvalue weighted by Gasteiger charge is -2.29. The highest BCUT2D eigenvalue weighted by molar-refractivity contribution is 7.90. The molecule has 2 atom stereocenters. The molecule has 1 aliphatic rings. The maximum Gasteiger partial charge on any atom is 0.280 e. The first kappa shape index (κ1) is 24.6. The van der Waals surface area contributed by atoms with E-state index in [4.69, 9.17) is 4.98 Å². The summed E-state index contributed by atoms with van der Waals surface area (Å²) in [4.78, 5) is 21.5. The van der Waals surface area contributed by atoms with Gasteiger partial charge in [0.15, 0.2) is 14.8 Å². The zero-order valence-corrected chi connectivity index (χ0v) is 21.7. The van der Waals surface area contributed by atoms with Gasteiger partial charge in [0.1, 0.15) is 0 Å². The van der Waals surface area contributed by atoms with Crippen LogP contribution in [0, 0.1) is 12.8 Å².